The third kappa shape index (κ3) is 3.62. The monoisotopic (exact) mass is 340 g/mol. The molecule has 0 unspecified atom stereocenters. The number of Topliss-reactive ketones (excluding diaryl/α,β-unsaturated/α-hetero) is 1. The number of carbonyl (C=O) groups excluding carboxylic acids is 1. The summed E-state index contributed by atoms with van der Waals surface area (Å²) in [6.45, 7) is 2.01. The Morgan fingerprint density at radius 3 is 2.71 bits per heavy atom. The molecule has 0 aliphatic rings. The highest BCUT2D eigenvalue weighted by Gasteiger charge is 2.13. The normalized spacial score (nSPS) is 10.6. The molecular formula is C17H16N4O2S. The molecule has 0 radical (unpaired) electrons. The first-order valence-electron chi connectivity index (χ1n) is 7.33. The number of nitrogens with zero attached hydrogens (tertiary/aromatic N) is 4. The van der Waals surface area contributed by atoms with Gasteiger partial charge in [0.15, 0.2) is 5.78 Å². The minimum Gasteiger partial charge on any atom is -0.497 e. The van der Waals surface area contributed by atoms with Gasteiger partial charge in [0.25, 0.3) is 0 Å². The van der Waals surface area contributed by atoms with Gasteiger partial charge in [-0.3, -0.25) is 4.79 Å². The first kappa shape index (κ1) is 16.2. The molecule has 3 rings (SSSR count). The zero-order chi connectivity index (χ0) is 16.9. The standard InChI is InChI=1S/C17H16N4O2S/c1-12-4-3-5-14(10-12)21-17(18-19-20-21)24-11-16(22)13-6-8-15(23-2)9-7-13/h3-10H,11H2,1-2H3. The van der Waals surface area contributed by atoms with Crippen molar-refractivity contribution in [3.63, 3.8) is 0 Å². The molecule has 0 spiro atoms. The van der Waals surface area contributed by atoms with E-state index in [9.17, 15) is 4.79 Å². The van der Waals surface area contributed by atoms with Gasteiger partial charge in [-0.25, -0.2) is 0 Å². The number of hydrogen-bond donors (Lipinski definition) is 0. The third-order valence-corrected chi connectivity index (χ3v) is 4.35. The van der Waals surface area contributed by atoms with Gasteiger partial charge in [0, 0.05) is 5.56 Å². The van der Waals surface area contributed by atoms with Gasteiger partial charge in [0.2, 0.25) is 5.16 Å². The minimum absolute atomic E-state index is 0.0152. The Balaban J connectivity index is 1.71. The minimum atomic E-state index is 0.0152. The van der Waals surface area contributed by atoms with Gasteiger partial charge in [-0.05, 0) is 59.3 Å². The SMILES string of the molecule is COc1ccc(C(=O)CSc2nnnn2-c2cccc(C)c2)cc1. The van der Waals surface area contributed by atoms with Crippen molar-refractivity contribution in [2.24, 2.45) is 0 Å². The summed E-state index contributed by atoms with van der Waals surface area (Å²) in [6, 6.07) is 14.9. The lowest BCUT2D eigenvalue weighted by atomic mass is 10.1. The highest BCUT2D eigenvalue weighted by Crippen LogP contribution is 2.20. The molecule has 3 aromatic rings. The molecule has 0 aliphatic carbocycles. The summed E-state index contributed by atoms with van der Waals surface area (Å²) in [5.74, 6) is 1.00. The molecule has 1 aromatic heterocycles. The molecule has 6 nitrogen and oxygen atoms in total. The van der Waals surface area contributed by atoms with E-state index in [1.807, 2.05) is 31.2 Å². The second kappa shape index (κ2) is 7.27. The summed E-state index contributed by atoms with van der Waals surface area (Å²) in [4.78, 5) is 12.3. The van der Waals surface area contributed by atoms with Gasteiger partial charge < -0.3 is 4.74 Å². The van der Waals surface area contributed by atoms with Crippen LogP contribution >= 0.6 is 11.8 Å². The number of methoxy groups -OCH3 is 1. The number of thioether (sulfide) groups is 1. The molecular weight excluding hydrogens is 324 g/mol. The van der Waals surface area contributed by atoms with E-state index in [0.29, 0.717) is 10.7 Å². The number of benzene rings is 2. The fourth-order valence-electron chi connectivity index (χ4n) is 2.18. The van der Waals surface area contributed by atoms with Crippen molar-refractivity contribution < 1.29 is 9.53 Å². The van der Waals surface area contributed by atoms with Gasteiger partial charge in [0.1, 0.15) is 5.75 Å². The van der Waals surface area contributed by atoms with Crippen LogP contribution in [-0.2, 0) is 0 Å². The molecule has 0 atom stereocenters. The van der Waals surface area contributed by atoms with Crippen LogP contribution < -0.4 is 4.74 Å². The van der Waals surface area contributed by atoms with Crippen LogP contribution in [0.5, 0.6) is 5.75 Å². The zero-order valence-electron chi connectivity index (χ0n) is 13.3. The van der Waals surface area contributed by atoms with Crippen LogP contribution in [0.2, 0.25) is 0 Å². The number of tetrazole rings is 1. The van der Waals surface area contributed by atoms with Gasteiger partial charge in [-0.2, -0.15) is 4.68 Å². The van der Waals surface area contributed by atoms with E-state index in [4.69, 9.17) is 4.74 Å². The molecule has 0 saturated carbocycles. The van der Waals surface area contributed by atoms with E-state index < -0.39 is 0 Å². The van der Waals surface area contributed by atoms with E-state index in [0.717, 1.165) is 17.0 Å². The Morgan fingerprint density at radius 1 is 1.21 bits per heavy atom. The summed E-state index contributed by atoms with van der Waals surface area (Å²) in [6.07, 6.45) is 0. The largest absolute Gasteiger partial charge is 0.497 e. The number of hydrogen-bond acceptors (Lipinski definition) is 6. The maximum Gasteiger partial charge on any atom is 0.214 e. The van der Waals surface area contributed by atoms with Gasteiger partial charge >= 0.3 is 0 Å². The quantitative estimate of drug-likeness (QED) is 0.507. The lowest BCUT2D eigenvalue weighted by Gasteiger charge is -2.05. The maximum atomic E-state index is 12.3. The van der Waals surface area contributed by atoms with Crippen molar-refractivity contribution in [3.8, 4) is 11.4 Å². The molecule has 0 amide bonds. The summed E-state index contributed by atoms with van der Waals surface area (Å²) in [5.41, 5.74) is 2.63. The van der Waals surface area contributed by atoms with Crippen molar-refractivity contribution in [1.82, 2.24) is 20.2 Å². The topological polar surface area (TPSA) is 69.9 Å². The molecule has 2 aromatic carbocycles. The van der Waals surface area contributed by atoms with Crippen molar-refractivity contribution in [3.05, 3.63) is 59.7 Å². The third-order valence-electron chi connectivity index (χ3n) is 3.43. The Morgan fingerprint density at radius 2 is 2.00 bits per heavy atom. The second-order valence-corrected chi connectivity index (χ2v) is 6.10. The van der Waals surface area contributed by atoms with Crippen molar-refractivity contribution >= 4 is 17.5 Å². The van der Waals surface area contributed by atoms with Crippen molar-refractivity contribution in [2.75, 3.05) is 12.9 Å². The van der Waals surface area contributed by atoms with Crippen LogP contribution in [0.3, 0.4) is 0 Å². The number of carbonyl (C=O) groups is 1. The number of rotatable bonds is 6. The maximum absolute atomic E-state index is 12.3. The highest BCUT2D eigenvalue weighted by molar-refractivity contribution is 7.99. The Kier molecular flexibility index (Phi) is 4.90. The van der Waals surface area contributed by atoms with Crippen LogP contribution in [0.25, 0.3) is 5.69 Å². The van der Waals surface area contributed by atoms with Gasteiger partial charge in [-0.1, -0.05) is 23.9 Å². The van der Waals surface area contributed by atoms with Crippen LogP contribution in [-0.4, -0.2) is 38.9 Å². The van der Waals surface area contributed by atoms with E-state index in [2.05, 4.69) is 15.5 Å². The second-order valence-electron chi connectivity index (χ2n) is 5.15. The summed E-state index contributed by atoms with van der Waals surface area (Å²) in [7, 11) is 1.60. The predicted molar refractivity (Wildman–Crippen MR) is 91.9 cm³/mol. The molecule has 0 fully saturated rings. The van der Waals surface area contributed by atoms with Gasteiger partial charge in [0.05, 0.1) is 18.6 Å². The fraction of sp³-hybridized carbons (Fsp3) is 0.176. The highest BCUT2D eigenvalue weighted by atomic mass is 32.2. The van der Waals surface area contributed by atoms with Crippen molar-refractivity contribution in [1.29, 1.82) is 0 Å². The van der Waals surface area contributed by atoms with Crippen LogP contribution in [0.15, 0.2) is 53.7 Å². The Hall–Kier alpha value is -2.67. The fourth-order valence-corrected chi connectivity index (χ4v) is 2.97. The van der Waals surface area contributed by atoms with Crippen LogP contribution in [0.4, 0.5) is 0 Å². The van der Waals surface area contributed by atoms with Gasteiger partial charge in [-0.15, -0.1) is 5.10 Å². The number of aryl methyl sites for hydroxylation is 1. The smallest absolute Gasteiger partial charge is 0.214 e. The van der Waals surface area contributed by atoms with E-state index in [1.165, 1.54) is 11.8 Å². The molecule has 0 bridgehead atoms. The molecule has 24 heavy (non-hydrogen) atoms. The van der Waals surface area contributed by atoms with Crippen LogP contribution in [0.1, 0.15) is 15.9 Å². The summed E-state index contributed by atoms with van der Waals surface area (Å²) in [5, 5.41) is 12.3. The Bertz CT molecular complexity index is 846. The summed E-state index contributed by atoms with van der Waals surface area (Å²) < 4.78 is 6.73. The molecule has 0 saturated heterocycles. The number of aromatic nitrogens is 4. The zero-order valence-corrected chi connectivity index (χ0v) is 14.2. The molecule has 122 valence electrons. The Labute approximate surface area is 143 Å². The van der Waals surface area contributed by atoms with E-state index in [-0.39, 0.29) is 11.5 Å². The molecule has 7 heteroatoms. The number of ether oxygens (including phenoxy) is 1. The van der Waals surface area contributed by atoms with E-state index >= 15 is 0 Å². The molecule has 0 N–H and O–H groups in total. The average molecular weight is 340 g/mol. The van der Waals surface area contributed by atoms with Crippen molar-refractivity contribution in [2.45, 2.75) is 12.1 Å². The lowest BCUT2D eigenvalue weighted by Crippen LogP contribution is -2.05. The first-order chi connectivity index (χ1) is 11.7. The predicted octanol–water partition coefficient (Wildman–Crippen LogP) is 2.95. The molecule has 1 heterocycles. The van der Waals surface area contributed by atoms with E-state index in [1.54, 1.807) is 36.1 Å². The van der Waals surface area contributed by atoms with Crippen LogP contribution in [0, 0.1) is 6.92 Å². The molecule has 0 aliphatic heterocycles. The average Bonchev–Trinajstić information content (AvgIpc) is 3.08. The lowest BCUT2D eigenvalue weighted by molar-refractivity contribution is 0.102. The first-order valence-corrected chi connectivity index (χ1v) is 8.31. The summed E-state index contributed by atoms with van der Waals surface area (Å²) >= 11 is 1.31. The number of ketones is 1.